The maximum atomic E-state index is 13.4. The van der Waals surface area contributed by atoms with E-state index in [2.05, 4.69) is 0 Å². The fourth-order valence-electron chi connectivity index (χ4n) is 4.14. The summed E-state index contributed by atoms with van der Waals surface area (Å²) in [5.74, 6) is -0.911. The van der Waals surface area contributed by atoms with Crippen LogP contribution in [0.25, 0.3) is 0 Å². The molecule has 0 saturated carbocycles. The molecule has 8 nitrogen and oxygen atoms in total. The van der Waals surface area contributed by atoms with E-state index >= 15 is 0 Å². The van der Waals surface area contributed by atoms with Crippen LogP contribution in [0.2, 0.25) is 0 Å². The molecule has 0 aliphatic carbocycles. The molecule has 1 fully saturated rings. The molecule has 192 valence electrons. The van der Waals surface area contributed by atoms with Crippen molar-refractivity contribution in [1.29, 1.82) is 0 Å². The molecule has 2 aromatic rings. The summed E-state index contributed by atoms with van der Waals surface area (Å²) < 4.78 is 38.9. The van der Waals surface area contributed by atoms with Crippen molar-refractivity contribution >= 4 is 21.7 Å². The van der Waals surface area contributed by atoms with Crippen LogP contribution in [-0.4, -0.2) is 62.3 Å². The van der Waals surface area contributed by atoms with Crippen LogP contribution in [0, 0.1) is 11.8 Å². The van der Waals surface area contributed by atoms with Gasteiger partial charge in [0.1, 0.15) is 6.10 Å². The number of esters is 1. The summed E-state index contributed by atoms with van der Waals surface area (Å²) in [5, 5.41) is 11.3. The lowest BCUT2D eigenvalue weighted by atomic mass is 9.90. The zero-order valence-electron chi connectivity index (χ0n) is 20.4. The van der Waals surface area contributed by atoms with Crippen LogP contribution in [0.5, 0.6) is 0 Å². The number of aliphatic hydroxyl groups excluding tert-OH is 1. The Morgan fingerprint density at radius 1 is 1.14 bits per heavy atom. The Bertz CT molecular complexity index is 1040. The molecular formula is C26H36N2O6S. The number of nitrogen functional groups attached to an aromatic ring is 1. The third-order valence-electron chi connectivity index (χ3n) is 5.98. The number of anilines is 1. The molecule has 9 heteroatoms. The Morgan fingerprint density at radius 3 is 2.43 bits per heavy atom. The molecule has 2 aromatic carbocycles. The molecule has 0 unspecified atom stereocenters. The summed E-state index contributed by atoms with van der Waals surface area (Å²) >= 11 is 0. The van der Waals surface area contributed by atoms with E-state index < -0.39 is 28.0 Å². The van der Waals surface area contributed by atoms with E-state index in [9.17, 15) is 18.3 Å². The average molecular weight is 505 g/mol. The second-order valence-electron chi connectivity index (χ2n) is 9.48. The largest absolute Gasteiger partial charge is 0.460 e. The second-order valence-corrected chi connectivity index (χ2v) is 11.4. The molecule has 0 spiro atoms. The Kier molecular flexibility index (Phi) is 9.68. The number of ether oxygens (including phenoxy) is 2. The lowest BCUT2D eigenvalue weighted by Crippen LogP contribution is -2.43. The molecule has 1 heterocycles. The van der Waals surface area contributed by atoms with Gasteiger partial charge in [0.25, 0.3) is 0 Å². The summed E-state index contributed by atoms with van der Waals surface area (Å²) in [6, 6.07) is 15.5. The van der Waals surface area contributed by atoms with Crippen molar-refractivity contribution in [3.05, 3.63) is 60.2 Å². The van der Waals surface area contributed by atoms with Crippen molar-refractivity contribution in [3.8, 4) is 0 Å². The predicted molar refractivity (Wildman–Crippen MR) is 134 cm³/mol. The van der Waals surface area contributed by atoms with Gasteiger partial charge in [0.05, 0.1) is 30.6 Å². The number of nitrogens with two attached hydrogens (primary N) is 1. The van der Waals surface area contributed by atoms with Crippen molar-refractivity contribution in [3.63, 3.8) is 0 Å². The maximum absolute atomic E-state index is 13.4. The Hall–Kier alpha value is -2.46. The first-order chi connectivity index (χ1) is 16.6. The standard InChI is InChI=1S/C26H36N2O6S/c1-19(2)16-28(35(31,32)24-10-8-22(27)9-11-24)17-25(29)21(14-20-6-4-3-5-7-20)15-26(30)34-23-12-13-33-18-23/h3-11,19,21,23,25,29H,12-18,27H2,1-2H3/t21-,23+,25-/m1/s1. The summed E-state index contributed by atoms with van der Waals surface area (Å²) in [5.41, 5.74) is 7.14. The normalized spacial score (nSPS) is 18.0. The highest BCUT2D eigenvalue weighted by Crippen LogP contribution is 2.24. The third-order valence-corrected chi connectivity index (χ3v) is 7.82. The van der Waals surface area contributed by atoms with E-state index in [0.717, 1.165) is 5.56 Å². The van der Waals surface area contributed by atoms with Crippen LogP contribution in [0.4, 0.5) is 5.69 Å². The van der Waals surface area contributed by atoms with Crippen LogP contribution in [-0.2, 0) is 30.7 Å². The number of carbonyl (C=O) groups excluding carboxylic acids is 1. The zero-order chi connectivity index (χ0) is 25.4. The van der Waals surface area contributed by atoms with Gasteiger partial charge in [0, 0.05) is 31.1 Å². The van der Waals surface area contributed by atoms with E-state index in [-0.39, 0.29) is 36.4 Å². The quantitative estimate of drug-likeness (QED) is 0.337. The monoisotopic (exact) mass is 504 g/mol. The van der Waals surface area contributed by atoms with Gasteiger partial charge in [-0.05, 0) is 42.2 Å². The van der Waals surface area contributed by atoms with Crippen LogP contribution < -0.4 is 5.73 Å². The highest BCUT2D eigenvalue weighted by molar-refractivity contribution is 7.89. The smallest absolute Gasteiger partial charge is 0.306 e. The number of hydrogen-bond donors (Lipinski definition) is 2. The fraction of sp³-hybridized carbons (Fsp3) is 0.500. The van der Waals surface area contributed by atoms with E-state index in [4.69, 9.17) is 15.2 Å². The van der Waals surface area contributed by atoms with Crippen molar-refractivity contribution in [2.75, 3.05) is 32.0 Å². The van der Waals surface area contributed by atoms with Crippen LogP contribution >= 0.6 is 0 Å². The number of hydrogen-bond acceptors (Lipinski definition) is 7. The minimum Gasteiger partial charge on any atom is -0.460 e. The molecule has 0 amide bonds. The van der Waals surface area contributed by atoms with Crippen molar-refractivity contribution in [2.45, 2.75) is 50.2 Å². The Labute approximate surface area is 208 Å². The Balaban J connectivity index is 1.80. The van der Waals surface area contributed by atoms with Gasteiger partial charge in [-0.3, -0.25) is 4.79 Å². The molecule has 0 radical (unpaired) electrons. The lowest BCUT2D eigenvalue weighted by Gasteiger charge is -2.30. The van der Waals surface area contributed by atoms with Crippen LogP contribution in [0.1, 0.15) is 32.3 Å². The van der Waals surface area contributed by atoms with E-state index in [1.165, 1.54) is 28.6 Å². The minimum absolute atomic E-state index is 0.0238. The number of rotatable bonds is 12. The van der Waals surface area contributed by atoms with Crippen molar-refractivity contribution in [1.82, 2.24) is 4.31 Å². The molecule has 35 heavy (non-hydrogen) atoms. The first-order valence-corrected chi connectivity index (χ1v) is 13.4. The van der Waals surface area contributed by atoms with Crippen LogP contribution in [0.3, 0.4) is 0 Å². The van der Waals surface area contributed by atoms with Gasteiger partial charge in [-0.1, -0.05) is 44.2 Å². The van der Waals surface area contributed by atoms with Gasteiger partial charge in [-0.2, -0.15) is 4.31 Å². The van der Waals surface area contributed by atoms with Crippen LogP contribution in [0.15, 0.2) is 59.5 Å². The number of aliphatic hydroxyl groups is 1. The second kappa shape index (κ2) is 12.5. The SMILES string of the molecule is CC(C)CN(C[C@@H](O)[C@@H](CC(=O)O[C@H]1CCOC1)Cc1ccccc1)S(=O)(=O)c1ccc(N)cc1. The highest BCUT2D eigenvalue weighted by Gasteiger charge is 2.32. The Morgan fingerprint density at radius 2 is 1.83 bits per heavy atom. The lowest BCUT2D eigenvalue weighted by molar-refractivity contribution is -0.151. The van der Waals surface area contributed by atoms with Crippen molar-refractivity contribution in [2.24, 2.45) is 11.8 Å². The molecule has 1 aliphatic rings. The average Bonchev–Trinajstić information content (AvgIpc) is 3.31. The molecule has 3 atom stereocenters. The molecule has 1 aliphatic heterocycles. The molecule has 3 N–H and O–H groups in total. The summed E-state index contributed by atoms with van der Waals surface area (Å²) in [6.45, 7) is 4.86. The number of benzene rings is 2. The summed E-state index contributed by atoms with van der Waals surface area (Å²) in [6.07, 6.45) is -0.315. The van der Waals surface area contributed by atoms with Gasteiger partial charge >= 0.3 is 5.97 Å². The highest BCUT2D eigenvalue weighted by atomic mass is 32.2. The number of sulfonamides is 1. The maximum Gasteiger partial charge on any atom is 0.306 e. The molecule has 1 saturated heterocycles. The molecule has 3 rings (SSSR count). The van der Waals surface area contributed by atoms with E-state index in [0.29, 0.717) is 31.7 Å². The summed E-state index contributed by atoms with van der Waals surface area (Å²) in [4.78, 5) is 12.8. The first kappa shape index (κ1) is 27.1. The first-order valence-electron chi connectivity index (χ1n) is 12.0. The summed E-state index contributed by atoms with van der Waals surface area (Å²) in [7, 11) is -3.88. The molecular weight excluding hydrogens is 468 g/mol. The van der Waals surface area contributed by atoms with Gasteiger partial charge in [0.15, 0.2) is 0 Å². The zero-order valence-corrected chi connectivity index (χ0v) is 21.2. The third kappa shape index (κ3) is 8.03. The number of carbonyl (C=O) groups is 1. The molecule has 0 bridgehead atoms. The molecule has 0 aromatic heterocycles. The van der Waals surface area contributed by atoms with Gasteiger partial charge in [-0.25, -0.2) is 8.42 Å². The predicted octanol–water partition coefficient (Wildman–Crippen LogP) is 2.86. The minimum atomic E-state index is -3.88. The van der Waals surface area contributed by atoms with Gasteiger partial charge < -0.3 is 20.3 Å². The fourth-order valence-corrected chi connectivity index (χ4v) is 5.76. The topological polar surface area (TPSA) is 119 Å². The van der Waals surface area contributed by atoms with Gasteiger partial charge in [-0.15, -0.1) is 0 Å². The van der Waals surface area contributed by atoms with Gasteiger partial charge in [0.2, 0.25) is 10.0 Å². The van der Waals surface area contributed by atoms with E-state index in [1.807, 2.05) is 44.2 Å². The number of nitrogens with zero attached hydrogens (tertiary/aromatic N) is 1. The van der Waals surface area contributed by atoms with Crippen molar-refractivity contribution < 1.29 is 27.8 Å². The van der Waals surface area contributed by atoms with E-state index in [1.54, 1.807) is 0 Å².